The summed E-state index contributed by atoms with van der Waals surface area (Å²) < 4.78 is 5.32. The van der Waals surface area contributed by atoms with Gasteiger partial charge in [-0.05, 0) is 18.2 Å². The van der Waals surface area contributed by atoms with Crippen LogP contribution in [0.1, 0.15) is 10.5 Å². The zero-order valence-corrected chi connectivity index (χ0v) is 11.4. The molecule has 102 valence electrons. The minimum absolute atomic E-state index is 0.0357. The number of carbonyl (C=O) groups is 2. The first kappa shape index (κ1) is 12.6. The minimum atomic E-state index is -0.281. The van der Waals surface area contributed by atoms with E-state index in [0.29, 0.717) is 22.8 Å². The van der Waals surface area contributed by atoms with Gasteiger partial charge in [0.15, 0.2) is 6.61 Å². The van der Waals surface area contributed by atoms with Crippen molar-refractivity contribution in [1.82, 2.24) is 4.98 Å². The zero-order valence-electron chi connectivity index (χ0n) is 10.6. The SMILES string of the molecule is CN1C(=O)COc2ccc(NC(=O)c3cscn3)cc21. The Hall–Kier alpha value is -2.41. The van der Waals surface area contributed by atoms with Gasteiger partial charge >= 0.3 is 0 Å². The molecule has 0 fully saturated rings. The highest BCUT2D eigenvalue weighted by Crippen LogP contribution is 2.33. The predicted octanol–water partition coefficient (Wildman–Crippen LogP) is 1.75. The number of nitrogens with zero attached hydrogens (tertiary/aromatic N) is 2. The summed E-state index contributed by atoms with van der Waals surface area (Å²) in [5.41, 5.74) is 3.19. The topological polar surface area (TPSA) is 71.5 Å². The van der Waals surface area contributed by atoms with Crippen LogP contribution in [0.4, 0.5) is 11.4 Å². The van der Waals surface area contributed by atoms with Crippen LogP contribution in [-0.4, -0.2) is 30.5 Å². The monoisotopic (exact) mass is 289 g/mol. The van der Waals surface area contributed by atoms with Crippen molar-refractivity contribution in [2.75, 3.05) is 23.9 Å². The molecule has 0 bridgehead atoms. The van der Waals surface area contributed by atoms with Gasteiger partial charge < -0.3 is 15.0 Å². The molecule has 0 atom stereocenters. The first-order chi connectivity index (χ1) is 9.65. The molecule has 3 rings (SSSR count). The quantitative estimate of drug-likeness (QED) is 0.914. The third kappa shape index (κ3) is 2.23. The average molecular weight is 289 g/mol. The lowest BCUT2D eigenvalue weighted by Crippen LogP contribution is -2.35. The Morgan fingerprint density at radius 1 is 1.50 bits per heavy atom. The van der Waals surface area contributed by atoms with Crippen molar-refractivity contribution in [3.8, 4) is 5.75 Å². The Kier molecular flexibility index (Phi) is 3.11. The third-order valence-electron chi connectivity index (χ3n) is 2.97. The number of hydrogen-bond acceptors (Lipinski definition) is 5. The van der Waals surface area contributed by atoms with Crippen molar-refractivity contribution in [3.05, 3.63) is 34.8 Å². The average Bonchev–Trinajstić information content (AvgIpc) is 2.98. The summed E-state index contributed by atoms with van der Waals surface area (Å²) in [5.74, 6) is 0.219. The number of ether oxygens (including phenoxy) is 1. The summed E-state index contributed by atoms with van der Waals surface area (Å²) in [4.78, 5) is 28.9. The van der Waals surface area contributed by atoms with Crippen molar-refractivity contribution in [2.24, 2.45) is 0 Å². The maximum absolute atomic E-state index is 11.9. The number of fused-ring (bicyclic) bond motifs is 1. The lowest BCUT2D eigenvalue weighted by atomic mass is 10.2. The summed E-state index contributed by atoms with van der Waals surface area (Å²) in [6.45, 7) is 0.0357. The molecule has 0 spiro atoms. The molecule has 0 aliphatic carbocycles. The standard InChI is InChI=1S/C13H11N3O3S/c1-16-10-4-8(2-3-11(10)19-5-12(16)17)15-13(18)9-6-20-7-14-9/h2-4,6-7H,5H2,1H3,(H,15,18). The fourth-order valence-corrected chi connectivity index (χ4v) is 2.40. The number of benzene rings is 1. The summed E-state index contributed by atoms with van der Waals surface area (Å²) in [6, 6.07) is 5.17. The molecule has 2 amide bonds. The highest BCUT2D eigenvalue weighted by molar-refractivity contribution is 7.07. The molecule has 1 aromatic carbocycles. The molecule has 0 saturated carbocycles. The van der Waals surface area contributed by atoms with E-state index in [-0.39, 0.29) is 18.4 Å². The molecule has 1 aromatic heterocycles. The molecule has 1 aliphatic rings. The van der Waals surface area contributed by atoms with Crippen LogP contribution in [0.25, 0.3) is 0 Å². The van der Waals surface area contributed by atoms with Crippen LogP contribution in [0, 0.1) is 0 Å². The Morgan fingerprint density at radius 2 is 2.35 bits per heavy atom. The van der Waals surface area contributed by atoms with Gasteiger partial charge in [0.2, 0.25) is 0 Å². The minimum Gasteiger partial charge on any atom is -0.482 e. The van der Waals surface area contributed by atoms with Gasteiger partial charge in [0.1, 0.15) is 11.4 Å². The van der Waals surface area contributed by atoms with E-state index in [4.69, 9.17) is 4.74 Å². The van der Waals surface area contributed by atoms with E-state index in [9.17, 15) is 9.59 Å². The van der Waals surface area contributed by atoms with Crippen LogP contribution in [0.5, 0.6) is 5.75 Å². The smallest absolute Gasteiger partial charge is 0.275 e. The molecule has 1 N–H and O–H groups in total. The summed E-state index contributed by atoms with van der Waals surface area (Å²) in [6.07, 6.45) is 0. The van der Waals surface area contributed by atoms with Crippen LogP contribution in [-0.2, 0) is 4.79 Å². The molecule has 0 radical (unpaired) electrons. The molecule has 7 heteroatoms. The van der Waals surface area contributed by atoms with Crippen molar-refractivity contribution < 1.29 is 14.3 Å². The van der Waals surface area contributed by atoms with E-state index in [1.54, 1.807) is 36.1 Å². The molecule has 6 nitrogen and oxygen atoms in total. The lowest BCUT2D eigenvalue weighted by Gasteiger charge is -2.26. The second kappa shape index (κ2) is 4.93. The summed E-state index contributed by atoms with van der Waals surface area (Å²) in [5, 5.41) is 4.41. The number of thiazole rings is 1. The van der Waals surface area contributed by atoms with E-state index < -0.39 is 0 Å². The normalized spacial score (nSPS) is 13.7. The number of rotatable bonds is 2. The van der Waals surface area contributed by atoms with Crippen molar-refractivity contribution in [3.63, 3.8) is 0 Å². The molecule has 0 saturated heterocycles. The fraction of sp³-hybridized carbons (Fsp3) is 0.154. The van der Waals surface area contributed by atoms with Gasteiger partial charge in [0.25, 0.3) is 11.8 Å². The van der Waals surface area contributed by atoms with E-state index in [1.807, 2.05) is 0 Å². The number of likely N-dealkylation sites (N-methyl/N-ethyl adjacent to an activating group) is 1. The molecule has 2 heterocycles. The van der Waals surface area contributed by atoms with Crippen molar-refractivity contribution in [2.45, 2.75) is 0 Å². The van der Waals surface area contributed by atoms with Gasteiger partial charge in [-0.25, -0.2) is 4.98 Å². The number of anilines is 2. The van der Waals surface area contributed by atoms with E-state index in [0.717, 1.165) is 0 Å². The van der Waals surface area contributed by atoms with Crippen molar-refractivity contribution in [1.29, 1.82) is 0 Å². The summed E-state index contributed by atoms with van der Waals surface area (Å²) >= 11 is 1.36. The van der Waals surface area contributed by atoms with E-state index in [1.165, 1.54) is 16.2 Å². The molecule has 2 aromatic rings. The second-order valence-corrected chi connectivity index (χ2v) is 4.97. The van der Waals surface area contributed by atoms with Gasteiger partial charge in [0, 0.05) is 18.1 Å². The highest BCUT2D eigenvalue weighted by Gasteiger charge is 2.22. The number of nitrogens with one attached hydrogen (secondary N) is 1. The van der Waals surface area contributed by atoms with Gasteiger partial charge in [-0.1, -0.05) is 0 Å². The van der Waals surface area contributed by atoms with Crippen LogP contribution < -0.4 is 15.0 Å². The van der Waals surface area contributed by atoms with E-state index in [2.05, 4.69) is 10.3 Å². The molecular formula is C13H11N3O3S. The first-order valence-corrected chi connectivity index (χ1v) is 6.82. The van der Waals surface area contributed by atoms with Gasteiger partial charge in [0.05, 0.1) is 11.2 Å². The molecule has 0 unspecified atom stereocenters. The molecule has 1 aliphatic heterocycles. The summed E-state index contributed by atoms with van der Waals surface area (Å²) in [7, 11) is 1.68. The van der Waals surface area contributed by atoms with Crippen LogP contribution in [0.2, 0.25) is 0 Å². The third-order valence-corrected chi connectivity index (χ3v) is 3.55. The highest BCUT2D eigenvalue weighted by atomic mass is 32.1. The Bertz CT molecular complexity index is 670. The zero-order chi connectivity index (χ0) is 14.1. The van der Waals surface area contributed by atoms with E-state index >= 15 is 0 Å². The van der Waals surface area contributed by atoms with Crippen LogP contribution >= 0.6 is 11.3 Å². The van der Waals surface area contributed by atoms with Crippen molar-refractivity contribution >= 4 is 34.5 Å². The molecular weight excluding hydrogens is 278 g/mol. The number of aromatic nitrogens is 1. The maximum atomic E-state index is 11.9. The second-order valence-electron chi connectivity index (χ2n) is 4.25. The van der Waals surface area contributed by atoms with Gasteiger partial charge in [-0.15, -0.1) is 11.3 Å². The Morgan fingerprint density at radius 3 is 3.10 bits per heavy atom. The number of amides is 2. The maximum Gasteiger partial charge on any atom is 0.275 e. The Balaban J connectivity index is 1.85. The largest absolute Gasteiger partial charge is 0.482 e. The first-order valence-electron chi connectivity index (χ1n) is 5.88. The van der Waals surface area contributed by atoms with Gasteiger partial charge in [-0.2, -0.15) is 0 Å². The Labute approximate surface area is 119 Å². The predicted molar refractivity (Wildman–Crippen MR) is 75.4 cm³/mol. The van der Waals surface area contributed by atoms with Crippen LogP contribution in [0.3, 0.4) is 0 Å². The number of hydrogen-bond donors (Lipinski definition) is 1. The van der Waals surface area contributed by atoms with Gasteiger partial charge in [-0.3, -0.25) is 9.59 Å². The fourth-order valence-electron chi connectivity index (χ4n) is 1.87. The van der Waals surface area contributed by atoms with Crippen LogP contribution in [0.15, 0.2) is 29.1 Å². The molecule has 20 heavy (non-hydrogen) atoms. The number of carbonyl (C=O) groups excluding carboxylic acids is 2. The lowest BCUT2D eigenvalue weighted by molar-refractivity contribution is -0.120.